The summed E-state index contributed by atoms with van der Waals surface area (Å²) >= 11 is 0. The molecule has 2 aromatic rings. The second kappa shape index (κ2) is 13.2. The Bertz CT molecular complexity index is 827. The molecule has 0 aliphatic carbocycles. The van der Waals surface area contributed by atoms with Crippen molar-refractivity contribution in [3.8, 4) is 0 Å². The van der Waals surface area contributed by atoms with Gasteiger partial charge in [-0.3, -0.25) is 4.90 Å². The summed E-state index contributed by atoms with van der Waals surface area (Å²) in [5.74, 6) is 0. The van der Waals surface area contributed by atoms with Crippen LogP contribution < -0.4 is 5.32 Å². The van der Waals surface area contributed by atoms with Gasteiger partial charge < -0.3 is 5.32 Å². The third-order valence-electron chi connectivity index (χ3n) is 5.95. The molecule has 0 heterocycles. The Balaban J connectivity index is 2.08. The minimum Gasteiger partial charge on any atom is -0.380 e. The Morgan fingerprint density at radius 1 is 0.935 bits per heavy atom. The lowest BCUT2D eigenvalue weighted by molar-refractivity contribution is 0.271. The quantitative estimate of drug-likeness (QED) is 0.316. The molecule has 0 radical (unpaired) electrons. The lowest BCUT2D eigenvalue weighted by Crippen LogP contribution is -2.25. The van der Waals surface area contributed by atoms with Crippen molar-refractivity contribution >= 4 is 11.8 Å². The van der Waals surface area contributed by atoms with Crippen molar-refractivity contribution in [1.29, 1.82) is 0 Å². The number of hydrogen-bond acceptors (Lipinski definition) is 2. The van der Waals surface area contributed by atoms with Crippen LogP contribution in [0.1, 0.15) is 72.9 Å². The van der Waals surface area contributed by atoms with Crippen LogP contribution in [0.4, 0.5) is 5.69 Å². The molecule has 0 saturated heterocycles. The van der Waals surface area contributed by atoms with E-state index in [9.17, 15) is 0 Å². The molecule has 0 amide bonds. The van der Waals surface area contributed by atoms with Gasteiger partial charge in [0, 0.05) is 25.3 Å². The van der Waals surface area contributed by atoms with Gasteiger partial charge in [0.1, 0.15) is 0 Å². The van der Waals surface area contributed by atoms with E-state index in [4.69, 9.17) is 0 Å². The van der Waals surface area contributed by atoms with E-state index < -0.39 is 0 Å². The highest BCUT2D eigenvalue weighted by molar-refractivity contribution is 5.66. The van der Waals surface area contributed by atoms with Gasteiger partial charge in [0.15, 0.2) is 0 Å². The van der Waals surface area contributed by atoms with Crippen LogP contribution in [-0.2, 0) is 19.5 Å². The largest absolute Gasteiger partial charge is 0.380 e. The molecule has 1 N–H and O–H groups in total. The van der Waals surface area contributed by atoms with Gasteiger partial charge >= 0.3 is 0 Å². The summed E-state index contributed by atoms with van der Waals surface area (Å²) in [6.45, 7) is 20.9. The molecule has 168 valence electrons. The van der Waals surface area contributed by atoms with Crippen molar-refractivity contribution in [3.05, 3.63) is 82.9 Å². The maximum Gasteiger partial charge on any atom is 0.0416 e. The summed E-state index contributed by atoms with van der Waals surface area (Å²) < 4.78 is 0. The second-order valence-electron chi connectivity index (χ2n) is 8.64. The molecule has 0 aromatic heterocycles. The number of nitrogens with one attached hydrogen (secondary N) is 1. The number of hydrogen-bond donors (Lipinski definition) is 1. The first-order valence-electron chi connectivity index (χ1n) is 11.9. The molecule has 0 bridgehead atoms. The average Bonchev–Trinajstić information content (AvgIpc) is 2.76. The molecular weight excluding hydrogens is 376 g/mol. The highest BCUT2D eigenvalue weighted by atomic mass is 15.1. The van der Waals surface area contributed by atoms with Crippen molar-refractivity contribution in [2.24, 2.45) is 0 Å². The molecule has 31 heavy (non-hydrogen) atoms. The number of aryl methyl sites for hydroxylation is 2. The van der Waals surface area contributed by atoms with E-state index in [-0.39, 0.29) is 0 Å². The molecule has 2 nitrogen and oxygen atoms in total. The molecule has 0 spiro atoms. The van der Waals surface area contributed by atoms with E-state index in [1.165, 1.54) is 59.1 Å². The van der Waals surface area contributed by atoms with Crippen LogP contribution in [0.2, 0.25) is 0 Å². The fourth-order valence-electron chi connectivity index (χ4n) is 4.29. The lowest BCUT2D eigenvalue weighted by atomic mass is 9.95. The van der Waals surface area contributed by atoms with Gasteiger partial charge in [-0.2, -0.15) is 0 Å². The monoisotopic (exact) mass is 418 g/mol. The summed E-state index contributed by atoms with van der Waals surface area (Å²) in [7, 11) is 0. The molecular formula is C29H42N2. The Hall–Kier alpha value is -2.32. The van der Waals surface area contributed by atoms with E-state index in [1.807, 2.05) is 12.2 Å². The molecule has 0 aliphatic heterocycles. The Labute approximate surface area is 191 Å². The van der Waals surface area contributed by atoms with Crippen molar-refractivity contribution in [2.75, 3.05) is 18.4 Å². The first-order valence-corrected chi connectivity index (χ1v) is 11.9. The summed E-state index contributed by atoms with van der Waals surface area (Å²) in [6, 6.07) is 11.4. The molecule has 2 rings (SSSR count). The van der Waals surface area contributed by atoms with Gasteiger partial charge in [0.05, 0.1) is 0 Å². The van der Waals surface area contributed by atoms with Gasteiger partial charge in [-0.1, -0.05) is 57.2 Å². The maximum absolute atomic E-state index is 4.05. The average molecular weight is 419 g/mol. The summed E-state index contributed by atoms with van der Waals surface area (Å²) in [5.41, 5.74) is 9.36. The van der Waals surface area contributed by atoms with E-state index in [0.29, 0.717) is 0 Å². The Morgan fingerprint density at radius 3 is 2.29 bits per heavy atom. The zero-order valence-corrected chi connectivity index (χ0v) is 20.3. The summed E-state index contributed by atoms with van der Waals surface area (Å²) in [4.78, 5) is 2.50. The zero-order valence-electron chi connectivity index (χ0n) is 20.3. The van der Waals surface area contributed by atoms with Crippen molar-refractivity contribution < 1.29 is 0 Å². The minimum absolute atomic E-state index is 0.831. The van der Waals surface area contributed by atoms with E-state index in [2.05, 4.69) is 81.4 Å². The maximum atomic E-state index is 4.05. The third-order valence-corrected chi connectivity index (χ3v) is 5.95. The standard InChI is InChI=1S/C29H42N2/c1-7-11-13-28-23(5)18-26(19-24(28)6)21-30-29-15-14-25(20-27(29)10-4)22-31(16-9-3)17-12-8-2/h8,10,14-15,18-20,30H,2,4,7,9,11-13,16-17,21-22H2,1,3,5-6H3. The van der Waals surface area contributed by atoms with Crippen molar-refractivity contribution in [1.82, 2.24) is 4.90 Å². The first kappa shape index (κ1) is 24.9. The lowest BCUT2D eigenvalue weighted by Gasteiger charge is -2.22. The SMILES string of the molecule is C=CCCN(CCC)Cc1ccc(NCc2cc(C)c(CCCC)c(C)c2)c(C=C)c1. The summed E-state index contributed by atoms with van der Waals surface area (Å²) in [6.07, 6.45) is 9.86. The highest BCUT2D eigenvalue weighted by Gasteiger charge is 2.08. The smallest absolute Gasteiger partial charge is 0.0416 e. The summed E-state index contributed by atoms with van der Waals surface area (Å²) in [5, 5.41) is 3.64. The molecule has 2 heteroatoms. The molecule has 0 fully saturated rings. The number of unbranched alkanes of at least 4 members (excludes halogenated alkanes) is 1. The van der Waals surface area contributed by atoms with Gasteiger partial charge in [0.2, 0.25) is 0 Å². The van der Waals surface area contributed by atoms with E-state index >= 15 is 0 Å². The number of anilines is 1. The van der Waals surface area contributed by atoms with Crippen LogP contribution in [0.15, 0.2) is 49.6 Å². The fourth-order valence-corrected chi connectivity index (χ4v) is 4.29. The molecule has 0 unspecified atom stereocenters. The van der Waals surface area contributed by atoms with Crippen LogP contribution in [-0.4, -0.2) is 18.0 Å². The highest BCUT2D eigenvalue weighted by Crippen LogP contribution is 2.23. The number of nitrogens with zero attached hydrogens (tertiary/aromatic N) is 1. The predicted molar refractivity (Wildman–Crippen MR) is 139 cm³/mol. The van der Waals surface area contributed by atoms with Crippen LogP contribution in [0, 0.1) is 13.8 Å². The van der Waals surface area contributed by atoms with E-state index in [0.717, 1.165) is 38.3 Å². The Morgan fingerprint density at radius 2 is 1.68 bits per heavy atom. The predicted octanol–water partition coefficient (Wildman–Crippen LogP) is 7.69. The van der Waals surface area contributed by atoms with Crippen molar-refractivity contribution in [2.45, 2.75) is 72.9 Å². The number of benzene rings is 2. The molecule has 0 atom stereocenters. The van der Waals surface area contributed by atoms with Gasteiger partial charge in [0.25, 0.3) is 0 Å². The fraction of sp³-hybridized carbons (Fsp3) is 0.448. The van der Waals surface area contributed by atoms with Gasteiger partial charge in [-0.15, -0.1) is 6.58 Å². The normalized spacial score (nSPS) is 11.0. The van der Waals surface area contributed by atoms with Crippen LogP contribution in [0.3, 0.4) is 0 Å². The zero-order chi connectivity index (χ0) is 22.6. The molecule has 2 aromatic carbocycles. The van der Waals surface area contributed by atoms with Gasteiger partial charge in [-0.25, -0.2) is 0 Å². The van der Waals surface area contributed by atoms with Crippen LogP contribution in [0.25, 0.3) is 6.08 Å². The molecule has 0 saturated carbocycles. The minimum atomic E-state index is 0.831. The van der Waals surface area contributed by atoms with Crippen LogP contribution >= 0.6 is 0 Å². The Kier molecular flexibility index (Phi) is 10.6. The number of rotatable bonds is 14. The second-order valence-corrected chi connectivity index (χ2v) is 8.64. The van der Waals surface area contributed by atoms with E-state index in [1.54, 1.807) is 0 Å². The van der Waals surface area contributed by atoms with Crippen molar-refractivity contribution in [3.63, 3.8) is 0 Å². The third kappa shape index (κ3) is 7.70. The molecule has 0 aliphatic rings. The van der Waals surface area contributed by atoms with Gasteiger partial charge in [-0.05, 0) is 91.6 Å². The topological polar surface area (TPSA) is 15.3 Å². The van der Waals surface area contributed by atoms with Crippen LogP contribution in [0.5, 0.6) is 0 Å². The first-order chi connectivity index (χ1) is 15.0.